The number of anilines is 1. The zero-order valence-corrected chi connectivity index (χ0v) is 12.7. The van der Waals surface area contributed by atoms with Gasteiger partial charge in [0.1, 0.15) is 5.75 Å². The molecular formula is C17H21NOS. The van der Waals surface area contributed by atoms with E-state index in [1.807, 2.05) is 0 Å². The lowest BCUT2D eigenvalue weighted by molar-refractivity contribution is 0.210. The summed E-state index contributed by atoms with van der Waals surface area (Å²) in [6.45, 7) is 2.19. The molecule has 0 saturated heterocycles. The standard InChI is InChI=1S/C17H21NOS/c1-13(17-7-4-12-20-17)18-14-8-10-16(11-9-14)19-15-5-2-3-6-15/h4,7-13,15,18H,2-3,5-6H2,1H3. The normalized spacial score (nSPS) is 17.1. The molecule has 1 saturated carbocycles. The average molecular weight is 287 g/mol. The summed E-state index contributed by atoms with van der Waals surface area (Å²) >= 11 is 1.79. The summed E-state index contributed by atoms with van der Waals surface area (Å²) in [5, 5.41) is 5.64. The first-order valence-electron chi connectivity index (χ1n) is 7.38. The van der Waals surface area contributed by atoms with Crippen LogP contribution in [-0.4, -0.2) is 6.10 Å². The molecule has 106 valence electrons. The summed E-state index contributed by atoms with van der Waals surface area (Å²) < 4.78 is 5.98. The van der Waals surface area contributed by atoms with Gasteiger partial charge in [-0.15, -0.1) is 11.3 Å². The third-order valence-corrected chi connectivity index (χ3v) is 4.87. The van der Waals surface area contributed by atoms with Crippen molar-refractivity contribution in [2.75, 3.05) is 5.32 Å². The second-order valence-corrected chi connectivity index (χ2v) is 6.41. The molecule has 1 atom stereocenters. The first kappa shape index (κ1) is 13.5. The van der Waals surface area contributed by atoms with Gasteiger partial charge in [0.2, 0.25) is 0 Å². The molecule has 1 aromatic heterocycles. The number of hydrogen-bond acceptors (Lipinski definition) is 3. The molecule has 1 aliphatic carbocycles. The van der Waals surface area contributed by atoms with Crippen molar-refractivity contribution in [2.24, 2.45) is 0 Å². The van der Waals surface area contributed by atoms with E-state index in [4.69, 9.17) is 4.74 Å². The SMILES string of the molecule is CC(Nc1ccc(OC2CCCC2)cc1)c1cccs1. The molecule has 0 bridgehead atoms. The Labute approximate surface area is 124 Å². The lowest BCUT2D eigenvalue weighted by atomic mass is 10.2. The highest BCUT2D eigenvalue weighted by Crippen LogP contribution is 2.27. The summed E-state index contributed by atoms with van der Waals surface area (Å²) in [7, 11) is 0. The maximum atomic E-state index is 5.98. The molecule has 1 unspecified atom stereocenters. The zero-order valence-electron chi connectivity index (χ0n) is 11.8. The Hall–Kier alpha value is -1.48. The minimum atomic E-state index is 0.344. The van der Waals surface area contributed by atoms with Crippen LogP contribution in [0.2, 0.25) is 0 Å². The summed E-state index contributed by atoms with van der Waals surface area (Å²) in [5.41, 5.74) is 1.14. The Bertz CT molecular complexity index is 514. The van der Waals surface area contributed by atoms with Crippen LogP contribution >= 0.6 is 11.3 Å². The molecule has 0 aliphatic heterocycles. The van der Waals surface area contributed by atoms with Crippen LogP contribution in [-0.2, 0) is 0 Å². The largest absolute Gasteiger partial charge is 0.490 e. The van der Waals surface area contributed by atoms with Crippen molar-refractivity contribution in [3.63, 3.8) is 0 Å². The average Bonchev–Trinajstić information content (AvgIpc) is 3.13. The Morgan fingerprint density at radius 2 is 1.90 bits per heavy atom. The molecule has 1 heterocycles. The lowest BCUT2D eigenvalue weighted by Gasteiger charge is -2.16. The van der Waals surface area contributed by atoms with Crippen molar-refractivity contribution >= 4 is 17.0 Å². The predicted octanol–water partition coefficient (Wildman–Crippen LogP) is 5.24. The third kappa shape index (κ3) is 3.34. The van der Waals surface area contributed by atoms with E-state index in [0.717, 1.165) is 11.4 Å². The van der Waals surface area contributed by atoms with E-state index in [2.05, 4.69) is 54.0 Å². The molecule has 0 radical (unpaired) electrons. The highest BCUT2D eigenvalue weighted by atomic mass is 32.1. The summed E-state index contributed by atoms with van der Waals surface area (Å²) in [6.07, 6.45) is 5.45. The van der Waals surface area contributed by atoms with Crippen LogP contribution in [0.4, 0.5) is 5.69 Å². The molecule has 20 heavy (non-hydrogen) atoms. The van der Waals surface area contributed by atoms with Gasteiger partial charge in [0, 0.05) is 10.6 Å². The van der Waals surface area contributed by atoms with Crippen LogP contribution < -0.4 is 10.1 Å². The Balaban J connectivity index is 1.58. The molecule has 1 aliphatic rings. The van der Waals surface area contributed by atoms with Crippen LogP contribution in [0.25, 0.3) is 0 Å². The minimum Gasteiger partial charge on any atom is -0.490 e. The molecule has 1 aromatic carbocycles. The van der Waals surface area contributed by atoms with Crippen LogP contribution in [0.15, 0.2) is 41.8 Å². The van der Waals surface area contributed by atoms with E-state index >= 15 is 0 Å². The van der Waals surface area contributed by atoms with Crippen LogP contribution in [0.1, 0.15) is 43.5 Å². The molecule has 1 N–H and O–H groups in total. The van der Waals surface area contributed by atoms with E-state index in [1.54, 1.807) is 11.3 Å². The monoisotopic (exact) mass is 287 g/mol. The van der Waals surface area contributed by atoms with Gasteiger partial charge in [-0.1, -0.05) is 6.07 Å². The molecule has 3 heteroatoms. The van der Waals surface area contributed by atoms with Crippen molar-refractivity contribution in [3.05, 3.63) is 46.7 Å². The number of benzene rings is 1. The first-order valence-corrected chi connectivity index (χ1v) is 8.26. The molecule has 2 nitrogen and oxygen atoms in total. The van der Waals surface area contributed by atoms with Gasteiger partial charge in [-0.3, -0.25) is 0 Å². The highest BCUT2D eigenvalue weighted by molar-refractivity contribution is 7.10. The van der Waals surface area contributed by atoms with Crippen molar-refractivity contribution in [3.8, 4) is 5.75 Å². The van der Waals surface area contributed by atoms with Crippen molar-refractivity contribution in [1.29, 1.82) is 0 Å². The van der Waals surface area contributed by atoms with Gasteiger partial charge in [0.15, 0.2) is 0 Å². The van der Waals surface area contributed by atoms with E-state index in [9.17, 15) is 0 Å². The zero-order chi connectivity index (χ0) is 13.8. The molecule has 3 rings (SSSR count). The maximum absolute atomic E-state index is 5.98. The fourth-order valence-electron chi connectivity index (χ4n) is 2.69. The maximum Gasteiger partial charge on any atom is 0.119 e. The fraction of sp³-hybridized carbons (Fsp3) is 0.412. The van der Waals surface area contributed by atoms with Crippen LogP contribution in [0, 0.1) is 0 Å². The summed E-state index contributed by atoms with van der Waals surface area (Å²) in [6, 6.07) is 13.0. The van der Waals surface area contributed by atoms with E-state index < -0.39 is 0 Å². The fourth-order valence-corrected chi connectivity index (χ4v) is 3.42. The van der Waals surface area contributed by atoms with Gasteiger partial charge in [0.05, 0.1) is 12.1 Å². The van der Waals surface area contributed by atoms with Crippen molar-refractivity contribution in [2.45, 2.75) is 44.8 Å². The van der Waals surface area contributed by atoms with Crippen LogP contribution in [0.5, 0.6) is 5.75 Å². The van der Waals surface area contributed by atoms with Crippen LogP contribution in [0.3, 0.4) is 0 Å². The molecule has 1 fully saturated rings. The summed E-state index contributed by atoms with van der Waals surface area (Å²) in [5.74, 6) is 0.992. The van der Waals surface area contributed by atoms with Crippen molar-refractivity contribution < 1.29 is 4.74 Å². The van der Waals surface area contributed by atoms with E-state index in [-0.39, 0.29) is 0 Å². The first-order chi connectivity index (χ1) is 9.81. The lowest BCUT2D eigenvalue weighted by Crippen LogP contribution is -2.10. The Morgan fingerprint density at radius 1 is 1.15 bits per heavy atom. The van der Waals surface area contributed by atoms with Gasteiger partial charge in [-0.05, 0) is 68.3 Å². The Morgan fingerprint density at radius 3 is 2.55 bits per heavy atom. The minimum absolute atomic E-state index is 0.344. The van der Waals surface area contributed by atoms with Gasteiger partial charge >= 0.3 is 0 Å². The smallest absolute Gasteiger partial charge is 0.119 e. The number of nitrogens with one attached hydrogen (secondary N) is 1. The van der Waals surface area contributed by atoms with Gasteiger partial charge in [0.25, 0.3) is 0 Å². The molecule has 0 spiro atoms. The third-order valence-electron chi connectivity index (χ3n) is 3.81. The van der Waals surface area contributed by atoms with Gasteiger partial charge in [-0.25, -0.2) is 0 Å². The predicted molar refractivity (Wildman–Crippen MR) is 85.7 cm³/mol. The van der Waals surface area contributed by atoms with E-state index in [0.29, 0.717) is 12.1 Å². The van der Waals surface area contributed by atoms with Crippen molar-refractivity contribution in [1.82, 2.24) is 0 Å². The summed E-state index contributed by atoms with van der Waals surface area (Å²) in [4.78, 5) is 1.36. The number of hydrogen-bond donors (Lipinski definition) is 1. The van der Waals surface area contributed by atoms with Gasteiger partial charge in [-0.2, -0.15) is 0 Å². The second kappa shape index (κ2) is 6.31. The Kier molecular flexibility index (Phi) is 4.26. The quantitative estimate of drug-likeness (QED) is 0.811. The number of rotatable bonds is 5. The van der Waals surface area contributed by atoms with E-state index in [1.165, 1.54) is 30.6 Å². The molecule has 0 amide bonds. The molecule has 2 aromatic rings. The second-order valence-electron chi connectivity index (χ2n) is 5.43. The highest BCUT2D eigenvalue weighted by Gasteiger charge is 2.16. The molecular weight excluding hydrogens is 266 g/mol. The number of ether oxygens (including phenoxy) is 1. The van der Waals surface area contributed by atoms with Gasteiger partial charge < -0.3 is 10.1 Å². The topological polar surface area (TPSA) is 21.3 Å². The number of thiophene rings is 1.